The smallest absolute Gasteiger partial charge is 0.286 e. The molecule has 0 unspecified atom stereocenters. The lowest BCUT2D eigenvalue weighted by molar-refractivity contribution is -0.385. The summed E-state index contributed by atoms with van der Waals surface area (Å²) < 4.78 is 11.4. The molecule has 174 valence electrons. The van der Waals surface area contributed by atoms with Gasteiger partial charge in [-0.15, -0.1) is 23.5 Å². The minimum atomic E-state index is -0.512. The van der Waals surface area contributed by atoms with Crippen LogP contribution in [0.1, 0.15) is 49.9 Å². The van der Waals surface area contributed by atoms with Gasteiger partial charge in [-0.3, -0.25) is 14.9 Å². The normalized spacial score (nSPS) is 16.0. The number of methoxy groups -OCH3 is 1. The third-order valence-corrected chi connectivity index (χ3v) is 8.36. The first-order chi connectivity index (χ1) is 15.0. The van der Waals surface area contributed by atoms with Crippen LogP contribution in [-0.4, -0.2) is 63.5 Å². The van der Waals surface area contributed by atoms with E-state index in [1.807, 2.05) is 28.4 Å². The highest BCUT2D eigenvalue weighted by atomic mass is 79.9. The maximum Gasteiger partial charge on any atom is 0.286 e. The molecule has 1 fully saturated rings. The van der Waals surface area contributed by atoms with Gasteiger partial charge in [0.05, 0.1) is 35.3 Å². The number of unbranched alkanes of at least 4 members (excludes halogenated alkanes) is 1. The fraction of sp³-hybridized carbons (Fsp3) is 0.667. The van der Waals surface area contributed by atoms with Crippen LogP contribution in [0, 0.1) is 10.1 Å². The molecule has 1 aliphatic rings. The second-order valence-corrected chi connectivity index (χ2v) is 10.9. The van der Waals surface area contributed by atoms with Crippen molar-refractivity contribution in [3.63, 3.8) is 0 Å². The number of thioether (sulfide) groups is 2. The summed E-state index contributed by atoms with van der Waals surface area (Å²) in [6.45, 7) is 5.26. The molecule has 7 nitrogen and oxygen atoms in total. The maximum absolute atomic E-state index is 13.5. The SMILES string of the molecule is CCSC(SCC)[C@@H]1CCCN1C(=O)c1cc(OC)c(OCCCCBr)cc1[N+](=O)[O-]. The maximum atomic E-state index is 13.5. The summed E-state index contributed by atoms with van der Waals surface area (Å²) in [6.07, 6.45) is 3.56. The van der Waals surface area contributed by atoms with Crippen molar-refractivity contribution in [3.05, 3.63) is 27.8 Å². The number of hydrogen-bond acceptors (Lipinski definition) is 7. The molecule has 0 aromatic heterocycles. The van der Waals surface area contributed by atoms with Crippen LogP contribution in [0.5, 0.6) is 11.5 Å². The van der Waals surface area contributed by atoms with Gasteiger partial charge in [0, 0.05) is 17.9 Å². The van der Waals surface area contributed by atoms with Gasteiger partial charge in [-0.2, -0.15) is 0 Å². The minimum absolute atomic E-state index is 0.0586. The molecule has 1 aliphatic heterocycles. The van der Waals surface area contributed by atoms with Crippen LogP contribution in [0.15, 0.2) is 12.1 Å². The van der Waals surface area contributed by atoms with Gasteiger partial charge < -0.3 is 14.4 Å². The van der Waals surface area contributed by atoms with E-state index in [9.17, 15) is 14.9 Å². The molecule has 1 aromatic carbocycles. The van der Waals surface area contributed by atoms with E-state index < -0.39 is 4.92 Å². The number of carbonyl (C=O) groups excluding carboxylic acids is 1. The summed E-state index contributed by atoms with van der Waals surface area (Å²) >= 11 is 7.04. The summed E-state index contributed by atoms with van der Waals surface area (Å²) in [7, 11) is 1.48. The van der Waals surface area contributed by atoms with Gasteiger partial charge in [-0.25, -0.2) is 0 Å². The number of nitrogens with zero attached hydrogens (tertiary/aromatic N) is 2. The molecule has 0 aliphatic carbocycles. The zero-order valence-electron chi connectivity index (χ0n) is 18.3. The Morgan fingerprint density at radius 3 is 2.58 bits per heavy atom. The molecule has 0 radical (unpaired) electrons. The Morgan fingerprint density at radius 1 is 1.29 bits per heavy atom. The van der Waals surface area contributed by atoms with Crippen LogP contribution in [0.3, 0.4) is 0 Å². The van der Waals surface area contributed by atoms with Crippen molar-refractivity contribution in [2.45, 2.75) is 50.2 Å². The molecular formula is C21H31BrN2O5S2. The second-order valence-electron chi connectivity index (χ2n) is 7.01. The first-order valence-electron chi connectivity index (χ1n) is 10.6. The van der Waals surface area contributed by atoms with Gasteiger partial charge in [0.1, 0.15) is 5.56 Å². The van der Waals surface area contributed by atoms with Gasteiger partial charge in [-0.05, 0) is 37.2 Å². The summed E-state index contributed by atoms with van der Waals surface area (Å²) in [5, 5.41) is 12.7. The van der Waals surface area contributed by atoms with E-state index in [1.165, 1.54) is 19.2 Å². The topological polar surface area (TPSA) is 81.9 Å². The van der Waals surface area contributed by atoms with Crippen molar-refractivity contribution in [2.75, 3.05) is 37.1 Å². The highest BCUT2D eigenvalue weighted by Crippen LogP contribution is 2.39. The molecule has 0 N–H and O–H groups in total. The monoisotopic (exact) mass is 534 g/mol. The van der Waals surface area contributed by atoms with E-state index in [-0.39, 0.29) is 27.8 Å². The molecular weight excluding hydrogens is 504 g/mol. The van der Waals surface area contributed by atoms with Gasteiger partial charge in [0.25, 0.3) is 11.6 Å². The average Bonchev–Trinajstić information content (AvgIpc) is 3.25. The molecule has 1 aromatic rings. The van der Waals surface area contributed by atoms with Crippen molar-refractivity contribution >= 4 is 51.0 Å². The Morgan fingerprint density at radius 2 is 2.00 bits per heavy atom. The molecule has 1 saturated heterocycles. The van der Waals surface area contributed by atoms with Crippen LogP contribution in [0.4, 0.5) is 5.69 Å². The quantitative estimate of drug-likeness (QED) is 0.107. The van der Waals surface area contributed by atoms with Gasteiger partial charge >= 0.3 is 0 Å². The zero-order chi connectivity index (χ0) is 22.8. The van der Waals surface area contributed by atoms with E-state index in [0.717, 1.165) is 42.5 Å². The number of halogens is 1. The lowest BCUT2D eigenvalue weighted by Gasteiger charge is -2.31. The van der Waals surface area contributed by atoms with E-state index in [1.54, 1.807) is 0 Å². The Kier molecular flexibility index (Phi) is 11.3. The fourth-order valence-corrected chi connectivity index (χ4v) is 6.87. The number of ether oxygens (including phenoxy) is 2. The molecule has 0 saturated carbocycles. The molecule has 10 heteroatoms. The van der Waals surface area contributed by atoms with Crippen LogP contribution in [-0.2, 0) is 0 Å². The molecule has 0 spiro atoms. The number of hydrogen-bond donors (Lipinski definition) is 0. The molecule has 1 heterocycles. The van der Waals surface area contributed by atoms with Crippen LogP contribution < -0.4 is 9.47 Å². The largest absolute Gasteiger partial charge is 0.493 e. The lowest BCUT2D eigenvalue weighted by Crippen LogP contribution is -2.41. The summed E-state index contributed by atoms with van der Waals surface area (Å²) in [6, 6.07) is 2.85. The molecule has 1 amide bonds. The molecule has 0 bridgehead atoms. The molecule has 2 rings (SSSR count). The number of likely N-dealkylation sites (tertiary alicyclic amines) is 1. The zero-order valence-corrected chi connectivity index (χ0v) is 21.5. The molecule has 31 heavy (non-hydrogen) atoms. The van der Waals surface area contributed by atoms with Crippen molar-refractivity contribution in [1.29, 1.82) is 0 Å². The fourth-order valence-electron chi connectivity index (χ4n) is 3.60. The summed E-state index contributed by atoms with van der Waals surface area (Å²) in [5.41, 5.74) is -0.182. The summed E-state index contributed by atoms with van der Waals surface area (Å²) in [4.78, 5) is 26.6. The van der Waals surface area contributed by atoms with Gasteiger partial charge in [0.15, 0.2) is 11.5 Å². The number of rotatable bonds is 13. The standard InChI is InChI=1S/C21H31BrN2O5S2/c1-4-30-21(31-5-2)16-9-8-11-23(16)20(25)15-13-18(28-3)19(14-17(15)24(26)27)29-12-7-6-10-22/h13-14,16,21H,4-12H2,1-3H3/t16-/m0/s1. The van der Waals surface area contributed by atoms with Crippen LogP contribution >= 0.6 is 39.5 Å². The number of alkyl halides is 1. The third kappa shape index (κ3) is 6.92. The van der Waals surface area contributed by atoms with Crippen molar-refractivity contribution in [2.24, 2.45) is 0 Å². The van der Waals surface area contributed by atoms with Gasteiger partial charge in [0.2, 0.25) is 0 Å². The predicted octanol–water partition coefficient (Wildman–Crippen LogP) is 5.59. The Labute approximate surface area is 201 Å². The van der Waals surface area contributed by atoms with Crippen LogP contribution in [0.25, 0.3) is 0 Å². The first kappa shape index (κ1) is 26.1. The Bertz CT molecular complexity index is 747. The average molecular weight is 536 g/mol. The number of amides is 1. The number of benzene rings is 1. The number of nitro groups is 1. The van der Waals surface area contributed by atoms with E-state index in [4.69, 9.17) is 9.47 Å². The lowest BCUT2D eigenvalue weighted by atomic mass is 10.1. The number of carbonyl (C=O) groups is 1. The van der Waals surface area contributed by atoms with E-state index in [0.29, 0.717) is 24.7 Å². The second kappa shape index (κ2) is 13.4. The summed E-state index contributed by atoms with van der Waals surface area (Å²) in [5.74, 6) is 2.25. The van der Waals surface area contributed by atoms with Crippen molar-refractivity contribution < 1.29 is 19.2 Å². The Hall–Kier alpha value is -1.13. The van der Waals surface area contributed by atoms with Crippen LogP contribution in [0.2, 0.25) is 0 Å². The van der Waals surface area contributed by atoms with E-state index >= 15 is 0 Å². The first-order valence-corrected chi connectivity index (χ1v) is 13.8. The highest BCUT2D eigenvalue weighted by Gasteiger charge is 2.38. The highest BCUT2D eigenvalue weighted by molar-refractivity contribution is 9.09. The Balaban J connectivity index is 2.34. The molecule has 1 atom stereocenters. The van der Waals surface area contributed by atoms with Crippen molar-refractivity contribution in [1.82, 2.24) is 4.90 Å². The third-order valence-electron chi connectivity index (χ3n) is 5.03. The van der Waals surface area contributed by atoms with Gasteiger partial charge in [-0.1, -0.05) is 29.8 Å². The number of nitro benzene ring substituents is 1. The predicted molar refractivity (Wildman–Crippen MR) is 132 cm³/mol. The van der Waals surface area contributed by atoms with E-state index in [2.05, 4.69) is 29.8 Å². The van der Waals surface area contributed by atoms with Crippen molar-refractivity contribution in [3.8, 4) is 11.5 Å². The minimum Gasteiger partial charge on any atom is -0.493 e.